The SMILES string of the molecule is C[C@@H](O)[C@H](NC(=O)[C@H](CCCCN)NNC(=O)[C@@H](Cc1ccc(NC(N)=O)cc1)NC(=O)[C@@H](Cc1ccc(NC(=O)C2CC(=O)NC(=O)N2)cc1)NC(=O)[C@@H](CS)NC(=O)[C@@H](Cc1ccc(Cl)cc1)NC(=O)N1CCN(C(=O)O)CCN(C(=O)O)CCN(C(=O)O)CC1)C(=O)N[C@@H](CS)C(=O)N[C@@H](Cc1ccc2ccccc2c1)C(N)=O. The second kappa shape index (κ2) is 45.2. The van der Waals surface area contributed by atoms with Crippen LogP contribution < -0.4 is 86.5 Å². The lowest BCUT2D eigenvalue weighted by atomic mass is 10.0. The molecule has 43 heteroatoms. The summed E-state index contributed by atoms with van der Waals surface area (Å²) in [5, 5.41) is 70.3. The van der Waals surface area contributed by atoms with Crippen molar-refractivity contribution in [3.05, 3.63) is 143 Å². The molecule has 7 rings (SSSR count). The summed E-state index contributed by atoms with van der Waals surface area (Å²) in [5.41, 5.74) is 24.0. The van der Waals surface area contributed by atoms with Crippen LogP contribution in [0.2, 0.25) is 5.02 Å². The van der Waals surface area contributed by atoms with Crippen molar-refractivity contribution in [3.8, 4) is 0 Å². The van der Waals surface area contributed by atoms with E-state index in [0.717, 1.165) is 30.4 Å². The monoisotopic (exact) mass is 1680 g/mol. The van der Waals surface area contributed by atoms with Crippen LogP contribution in [-0.4, -0.2) is 266 Å². The number of aliphatic hydroxyl groups excluding tert-OH is 1. The molecular weight excluding hydrogens is 1590 g/mol. The number of hydrazine groups is 1. The third kappa shape index (κ3) is 29.2. The molecule has 2 fully saturated rings. The van der Waals surface area contributed by atoms with Gasteiger partial charge in [0.05, 0.1) is 12.5 Å². The first kappa shape index (κ1) is 91.9. The number of rotatable bonds is 35. The van der Waals surface area contributed by atoms with Crippen molar-refractivity contribution in [2.75, 3.05) is 81.0 Å². The molecule has 5 aromatic rings. The molecule has 2 heterocycles. The fourth-order valence-electron chi connectivity index (χ4n) is 12.2. The number of anilines is 2. The Bertz CT molecular complexity index is 4360. The van der Waals surface area contributed by atoms with Crippen LogP contribution in [0.1, 0.15) is 54.9 Å². The van der Waals surface area contributed by atoms with Gasteiger partial charge in [-0.2, -0.15) is 25.3 Å². The largest absolute Gasteiger partial charge is 0.465 e. The van der Waals surface area contributed by atoms with Crippen molar-refractivity contribution in [3.63, 3.8) is 0 Å². The number of unbranched alkanes of at least 4 members (excludes halogenated alkanes) is 1. The van der Waals surface area contributed by atoms with Crippen molar-refractivity contribution < 1.29 is 97.1 Å². The Hall–Kier alpha value is -12.3. The predicted octanol–water partition coefficient (Wildman–Crippen LogP) is -1.12. The number of nitrogens with two attached hydrogens (primary N) is 3. The highest BCUT2D eigenvalue weighted by molar-refractivity contribution is 7.80. The van der Waals surface area contributed by atoms with E-state index in [2.05, 4.69) is 89.3 Å². The molecule has 2 aliphatic rings. The number of urea groups is 3. The Kier molecular flexibility index (Phi) is 35.5. The van der Waals surface area contributed by atoms with E-state index in [9.17, 15) is 92.3 Å². The van der Waals surface area contributed by atoms with Gasteiger partial charge >= 0.3 is 36.4 Å². The first-order chi connectivity index (χ1) is 55.7. The number of aliphatic hydroxyl groups is 1. The molecular formula is C74H95ClN20O20S2. The van der Waals surface area contributed by atoms with E-state index in [-0.39, 0.29) is 93.9 Å². The van der Waals surface area contributed by atoms with Gasteiger partial charge in [-0.25, -0.2) is 34.2 Å². The average Bonchev–Trinajstić information content (AvgIpc) is 0.816. The van der Waals surface area contributed by atoms with E-state index in [1.807, 2.05) is 41.7 Å². The number of thiol groups is 2. The average molecular weight is 1680 g/mol. The second-order valence-corrected chi connectivity index (χ2v) is 28.5. The summed E-state index contributed by atoms with van der Waals surface area (Å²) < 4.78 is 0. The third-order valence-corrected chi connectivity index (χ3v) is 19.7. The number of carbonyl (C=O) groups excluding carboxylic acids is 13. The number of fused-ring (bicyclic) bond motifs is 1. The van der Waals surface area contributed by atoms with E-state index < -0.39 is 194 Å². The highest BCUT2D eigenvalue weighted by Gasteiger charge is 2.37. The summed E-state index contributed by atoms with van der Waals surface area (Å²) in [6.07, 6.45) is -7.12. The van der Waals surface area contributed by atoms with Crippen LogP contribution >= 0.6 is 36.9 Å². The van der Waals surface area contributed by atoms with E-state index in [4.69, 9.17) is 28.8 Å². The molecule has 0 radical (unpaired) electrons. The maximum absolute atomic E-state index is 15.3. The number of hydrogen-bond acceptors (Lipinski definition) is 21. The quantitative estimate of drug-likeness (QED) is 0.0130. The van der Waals surface area contributed by atoms with E-state index in [1.54, 1.807) is 6.07 Å². The fraction of sp³-hybridized carbons (Fsp3) is 0.405. The molecule has 23 N–H and O–H groups in total. The molecule has 10 atom stereocenters. The van der Waals surface area contributed by atoms with Gasteiger partial charge in [0, 0.05) is 106 Å². The number of carboxylic acid groups (broad SMARTS) is 3. The molecule has 19 amide bonds. The lowest BCUT2D eigenvalue weighted by Crippen LogP contribution is -2.63. The Labute approximate surface area is 686 Å². The van der Waals surface area contributed by atoms with Gasteiger partial charge in [0.25, 0.3) is 5.91 Å². The van der Waals surface area contributed by atoms with Crippen LogP contribution in [0.15, 0.2) is 115 Å². The molecule has 2 aliphatic heterocycles. The van der Waals surface area contributed by atoms with Crippen LogP contribution in [0.25, 0.3) is 10.8 Å². The molecule has 5 aromatic carbocycles. The van der Waals surface area contributed by atoms with Crippen LogP contribution in [0.5, 0.6) is 0 Å². The summed E-state index contributed by atoms with van der Waals surface area (Å²) in [4.78, 5) is 219. The minimum Gasteiger partial charge on any atom is -0.465 e. The molecule has 0 saturated carbocycles. The predicted molar refractivity (Wildman–Crippen MR) is 431 cm³/mol. The van der Waals surface area contributed by atoms with Crippen molar-refractivity contribution in [1.29, 1.82) is 0 Å². The van der Waals surface area contributed by atoms with Gasteiger partial charge in [-0.05, 0) is 95.7 Å². The maximum Gasteiger partial charge on any atom is 0.407 e. The van der Waals surface area contributed by atoms with Crippen molar-refractivity contribution in [1.82, 2.24) is 78.3 Å². The molecule has 40 nitrogen and oxygen atoms in total. The Balaban J connectivity index is 1.15. The van der Waals surface area contributed by atoms with Crippen LogP contribution in [0, 0.1) is 0 Å². The second-order valence-electron chi connectivity index (χ2n) is 27.3. The number of primary amides is 2. The van der Waals surface area contributed by atoms with Gasteiger partial charge in [0.15, 0.2) is 0 Å². The summed E-state index contributed by atoms with van der Waals surface area (Å²) in [7, 11) is 0. The molecule has 0 aliphatic carbocycles. The fourth-order valence-corrected chi connectivity index (χ4v) is 12.8. The zero-order valence-corrected chi connectivity index (χ0v) is 65.8. The zero-order valence-electron chi connectivity index (χ0n) is 63.3. The Morgan fingerprint density at radius 2 is 0.915 bits per heavy atom. The summed E-state index contributed by atoms with van der Waals surface area (Å²) >= 11 is 14.9. The minimum absolute atomic E-state index is 0.0262. The molecule has 0 spiro atoms. The number of carbonyl (C=O) groups is 16. The van der Waals surface area contributed by atoms with Gasteiger partial charge in [-0.3, -0.25) is 58.7 Å². The highest BCUT2D eigenvalue weighted by Crippen LogP contribution is 2.20. The molecule has 1 unspecified atom stereocenters. The lowest BCUT2D eigenvalue weighted by molar-refractivity contribution is -0.136. The third-order valence-electron chi connectivity index (χ3n) is 18.7. The number of hydrogen-bond donors (Lipinski definition) is 22. The first-order valence-electron chi connectivity index (χ1n) is 36.8. The molecule has 0 bridgehead atoms. The number of imide groups is 1. The number of benzene rings is 5. The van der Waals surface area contributed by atoms with E-state index in [0.29, 0.717) is 28.1 Å². The molecule has 0 aromatic heterocycles. The lowest BCUT2D eigenvalue weighted by Gasteiger charge is -2.33. The summed E-state index contributed by atoms with van der Waals surface area (Å²) in [6, 6.07) is 13.6. The summed E-state index contributed by atoms with van der Waals surface area (Å²) in [5.74, 6) is -10.4. The Morgan fingerprint density at radius 1 is 0.496 bits per heavy atom. The van der Waals surface area contributed by atoms with Crippen molar-refractivity contribution in [2.24, 2.45) is 17.2 Å². The van der Waals surface area contributed by atoms with Gasteiger partial charge in [-0.15, -0.1) is 0 Å². The normalized spacial score (nSPS) is 16.2. The van der Waals surface area contributed by atoms with Gasteiger partial charge in [0.2, 0.25) is 53.2 Å². The minimum atomic E-state index is -1.79. The summed E-state index contributed by atoms with van der Waals surface area (Å²) in [6.45, 7) is -1.75. The van der Waals surface area contributed by atoms with E-state index >= 15 is 4.79 Å². The number of nitrogens with one attached hydrogen (secondary N) is 13. The van der Waals surface area contributed by atoms with Crippen LogP contribution in [0.4, 0.5) is 40.1 Å². The number of nitrogens with zero attached hydrogens (tertiary/aromatic N) is 4. The first-order valence-corrected chi connectivity index (χ1v) is 38.5. The van der Waals surface area contributed by atoms with Crippen LogP contribution in [0.3, 0.4) is 0 Å². The number of amides is 19. The number of halogens is 1. The van der Waals surface area contributed by atoms with Gasteiger partial charge in [0.1, 0.15) is 54.4 Å². The standard InChI is InChI=1S/C74H95ClN20O20S2/c1-40(96)59(68(106)85-57(39-117)65(103)81-51(60(77)98)36-44-9-16-45-6-2-3-7-46(45)32-44)89-61(99)50(8-4-5-23-76)90-91-67(105)54(35-43-14-21-49(22-15-43)80-69(78)107)83-63(101)52(33-42-12-19-48(20-13-42)79-62(100)55-37-58(97)88-70(108)86-55)82-66(104)56(38-116)84-64(102)53(34-41-10-17-47(75)18-11-41)87-71(109)92-24-26-93(72(110)111)28-30-95(74(114)115)31-29-94(27-25-92)73(112)113/h2-3,6-7,9-22,32,40,50-57,59,90,96,116-117H,4-5,8,23-31,33-39,76H2,1H3,(H2,77,98)(H,79,100)(H,81,103)(H,82,104)(H,83,101)(H,84,102)(H,85,106)(H,87,109)(H,89,99)(H,91,105)(H,110,111)(H,112,113)(H,114,115)(H3,78,80,107)(H2,86,88,97,108)/t40-,50+,51+,52-,53-,54-,55?,56-,57+,59+/m1/s1. The maximum atomic E-state index is 15.3. The smallest absolute Gasteiger partial charge is 0.407 e. The van der Waals surface area contributed by atoms with Crippen molar-refractivity contribution in [2.45, 2.75) is 119 Å². The highest BCUT2D eigenvalue weighted by atomic mass is 35.5. The van der Waals surface area contributed by atoms with Crippen LogP contribution in [-0.2, 0) is 73.6 Å². The molecule has 117 heavy (non-hydrogen) atoms. The molecule has 2 saturated heterocycles. The zero-order chi connectivity index (χ0) is 85.6. The molecule has 630 valence electrons. The Morgan fingerprint density at radius 3 is 1.38 bits per heavy atom. The van der Waals surface area contributed by atoms with Gasteiger partial charge < -0.3 is 110 Å². The van der Waals surface area contributed by atoms with Crippen molar-refractivity contribution >= 4 is 154 Å². The topological polar surface area (TPSA) is 601 Å². The van der Waals surface area contributed by atoms with Gasteiger partial charge in [-0.1, -0.05) is 96.9 Å². The van der Waals surface area contributed by atoms with E-state index in [1.165, 1.54) is 79.7 Å².